The molecule has 8 heteroatoms. The van der Waals surface area contributed by atoms with Gasteiger partial charge >= 0.3 is 6.03 Å². The Bertz CT molecular complexity index is 1280. The Morgan fingerprint density at radius 2 is 1.65 bits per heavy atom. The molecule has 37 heavy (non-hydrogen) atoms. The molecule has 2 aromatic carbocycles. The quantitative estimate of drug-likeness (QED) is 0.564. The zero-order chi connectivity index (χ0) is 25.2. The number of urea groups is 1. The second-order valence-corrected chi connectivity index (χ2v) is 10.3. The van der Waals surface area contributed by atoms with E-state index in [1.807, 2.05) is 23.2 Å². The first kappa shape index (κ1) is 23.6. The number of carbonyl (C=O) groups excluding carboxylic acids is 2. The molecule has 3 aliphatic rings. The molecule has 0 unspecified atom stereocenters. The molecule has 0 atom stereocenters. The van der Waals surface area contributed by atoms with E-state index in [1.54, 1.807) is 0 Å². The number of fused-ring (bicyclic) bond motifs is 1. The van der Waals surface area contributed by atoms with Crippen LogP contribution in [0.15, 0.2) is 54.7 Å². The van der Waals surface area contributed by atoms with Gasteiger partial charge in [0.1, 0.15) is 0 Å². The molecule has 3 aliphatic heterocycles. The van der Waals surface area contributed by atoms with Crippen molar-refractivity contribution in [2.45, 2.75) is 31.6 Å². The minimum atomic E-state index is -0.0258. The number of anilines is 3. The Labute approximate surface area is 217 Å². The molecule has 0 bridgehead atoms. The Hall–Kier alpha value is -3.81. The van der Waals surface area contributed by atoms with Crippen LogP contribution in [0.1, 0.15) is 37.2 Å². The van der Waals surface area contributed by atoms with Crippen molar-refractivity contribution in [1.82, 2.24) is 15.2 Å². The van der Waals surface area contributed by atoms with Gasteiger partial charge in [0.25, 0.3) is 0 Å². The highest BCUT2D eigenvalue weighted by Gasteiger charge is 2.26. The maximum absolute atomic E-state index is 12.9. The summed E-state index contributed by atoms with van der Waals surface area (Å²) < 4.78 is 0. The third-order valence-electron chi connectivity index (χ3n) is 7.98. The van der Waals surface area contributed by atoms with Gasteiger partial charge in [-0.2, -0.15) is 0 Å². The number of piperidine rings is 1. The van der Waals surface area contributed by atoms with Gasteiger partial charge < -0.3 is 25.3 Å². The summed E-state index contributed by atoms with van der Waals surface area (Å²) in [7, 11) is 0. The lowest BCUT2D eigenvalue weighted by molar-refractivity contribution is -0.120. The second-order valence-electron chi connectivity index (χ2n) is 10.3. The summed E-state index contributed by atoms with van der Waals surface area (Å²) in [6.45, 7) is 5.55. The number of hydrogen-bond donors (Lipinski definition) is 2. The lowest BCUT2D eigenvalue weighted by atomic mass is 9.87. The van der Waals surface area contributed by atoms with Crippen molar-refractivity contribution >= 4 is 39.9 Å². The van der Waals surface area contributed by atoms with Gasteiger partial charge in [-0.3, -0.25) is 9.78 Å². The number of nitrogens with one attached hydrogen (secondary N) is 2. The van der Waals surface area contributed by atoms with Crippen molar-refractivity contribution in [1.29, 1.82) is 0 Å². The normalized spacial score (nSPS) is 18.8. The lowest BCUT2D eigenvalue weighted by Crippen LogP contribution is -2.47. The predicted molar refractivity (Wildman–Crippen MR) is 147 cm³/mol. The second kappa shape index (κ2) is 10.3. The molecule has 4 heterocycles. The Balaban J connectivity index is 1.08. The van der Waals surface area contributed by atoms with Crippen LogP contribution in [0.5, 0.6) is 0 Å². The molecule has 0 spiro atoms. The maximum Gasteiger partial charge on any atom is 0.321 e. The van der Waals surface area contributed by atoms with Crippen LogP contribution in [0, 0.1) is 0 Å². The van der Waals surface area contributed by atoms with Crippen LogP contribution in [0.2, 0.25) is 0 Å². The van der Waals surface area contributed by atoms with Crippen LogP contribution in [0.4, 0.5) is 21.9 Å². The molecular formula is C29H34N6O2. The van der Waals surface area contributed by atoms with Crippen LogP contribution in [-0.4, -0.2) is 67.6 Å². The third kappa shape index (κ3) is 5.05. The lowest BCUT2D eigenvalue weighted by Gasteiger charge is -2.33. The van der Waals surface area contributed by atoms with Crippen LogP contribution in [-0.2, 0) is 4.79 Å². The topological polar surface area (TPSA) is 80.8 Å². The summed E-state index contributed by atoms with van der Waals surface area (Å²) in [5, 5.41) is 7.12. The fraction of sp³-hybridized carbons (Fsp3) is 0.414. The van der Waals surface area contributed by atoms with Crippen LogP contribution >= 0.6 is 0 Å². The van der Waals surface area contributed by atoms with E-state index in [4.69, 9.17) is 0 Å². The molecule has 3 amide bonds. The molecule has 6 rings (SSSR count). The van der Waals surface area contributed by atoms with E-state index in [1.165, 1.54) is 24.1 Å². The van der Waals surface area contributed by atoms with E-state index in [0.29, 0.717) is 19.0 Å². The first-order valence-electron chi connectivity index (χ1n) is 13.5. The molecule has 1 aromatic heterocycles. The zero-order valence-electron chi connectivity index (χ0n) is 21.2. The third-order valence-corrected chi connectivity index (χ3v) is 7.98. The van der Waals surface area contributed by atoms with Crippen LogP contribution in [0.25, 0.3) is 10.9 Å². The van der Waals surface area contributed by atoms with Crippen LogP contribution < -0.4 is 20.4 Å². The molecule has 2 N–H and O–H groups in total. The number of aromatic nitrogens is 1. The molecule has 3 fully saturated rings. The largest absolute Gasteiger partial charge is 0.372 e. The monoisotopic (exact) mass is 498 g/mol. The number of piperazine rings is 1. The van der Waals surface area contributed by atoms with Crippen molar-refractivity contribution < 1.29 is 9.59 Å². The van der Waals surface area contributed by atoms with Crippen LogP contribution in [0.3, 0.4) is 0 Å². The van der Waals surface area contributed by atoms with E-state index in [0.717, 1.165) is 67.8 Å². The zero-order valence-corrected chi connectivity index (χ0v) is 21.2. The van der Waals surface area contributed by atoms with Crippen molar-refractivity contribution in [2.24, 2.45) is 0 Å². The summed E-state index contributed by atoms with van der Waals surface area (Å²) in [6, 6.07) is 16.7. The first-order valence-corrected chi connectivity index (χ1v) is 13.5. The van der Waals surface area contributed by atoms with Crippen molar-refractivity contribution in [2.75, 3.05) is 60.9 Å². The summed E-state index contributed by atoms with van der Waals surface area (Å²) in [5.41, 5.74) is 5.36. The Morgan fingerprint density at radius 1 is 0.892 bits per heavy atom. The van der Waals surface area contributed by atoms with E-state index in [2.05, 4.69) is 61.8 Å². The average molecular weight is 499 g/mol. The van der Waals surface area contributed by atoms with Gasteiger partial charge in [0.15, 0.2) is 0 Å². The molecule has 0 aliphatic carbocycles. The molecule has 0 saturated carbocycles. The summed E-state index contributed by atoms with van der Waals surface area (Å²) >= 11 is 0. The number of amides is 3. The van der Waals surface area contributed by atoms with Gasteiger partial charge in [-0.25, -0.2) is 4.79 Å². The van der Waals surface area contributed by atoms with Gasteiger partial charge in [0.05, 0.1) is 12.1 Å². The minimum Gasteiger partial charge on any atom is -0.372 e. The number of rotatable bonds is 4. The molecule has 8 nitrogen and oxygen atoms in total. The Kier molecular flexibility index (Phi) is 6.55. The van der Waals surface area contributed by atoms with E-state index in [-0.39, 0.29) is 11.9 Å². The standard InChI is InChI=1S/C29H34N6O2/c36-28-20-35(18-13-31-28)24-7-8-26-25(9-12-30-27(26)19-24)21-10-16-34(17-11-21)29(37)32-22-3-5-23(6-4-22)33-14-1-2-15-33/h3-9,12,19,21H,1-2,10-11,13-18,20H2,(H,31,36)(H,32,37). The highest BCUT2D eigenvalue weighted by Crippen LogP contribution is 2.34. The molecule has 3 saturated heterocycles. The van der Waals surface area contributed by atoms with Gasteiger partial charge in [-0.05, 0) is 79.6 Å². The van der Waals surface area contributed by atoms with E-state index < -0.39 is 0 Å². The van der Waals surface area contributed by atoms with Gasteiger partial charge in [0.2, 0.25) is 5.91 Å². The molecule has 192 valence electrons. The van der Waals surface area contributed by atoms with Gasteiger partial charge in [-0.15, -0.1) is 0 Å². The molecule has 3 aromatic rings. The minimum absolute atomic E-state index is 0.0258. The first-order chi connectivity index (χ1) is 18.1. The number of likely N-dealkylation sites (tertiary alicyclic amines) is 1. The molecule has 0 radical (unpaired) electrons. The Morgan fingerprint density at radius 3 is 2.41 bits per heavy atom. The van der Waals surface area contributed by atoms with Crippen molar-refractivity contribution in [3.8, 4) is 0 Å². The van der Waals surface area contributed by atoms with Gasteiger partial charge in [-0.1, -0.05) is 6.07 Å². The number of carbonyl (C=O) groups is 2. The van der Waals surface area contributed by atoms with Crippen molar-refractivity contribution in [3.63, 3.8) is 0 Å². The maximum atomic E-state index is 12.9. The number of pyridine rings is 1. The number of hydrogen-bond acceptors (Lipinski definition) is 5. The van der Waals surface area contributed by atoms with Crippen molar-refractivity contribution in [3.05, 3.63) is 60.3 Å². The smallest absolute Gasteiger partial charge is 0.321 e. The highest BCUT2D eigenvalue weighted by atomic mass is 16.2. The number of nitrogens with zero attached hydrogens (tertiary/aromatic N) is 4. The summed E-state index contributed by atoms with van der Waals surface area (Å²) in [4.78, 5) is 35.8. The fourth-order valence-electron chi connectivity index (χ4n) is 5.90. The average Bonchev–Trinajstić information content (AvgIpc) is 3.48. The van der Waals surface area contributed by atoms with E-state index >= 15 is 0 Å². The fourth-order valence-corrected chi connectivity index (χ4v) is 5.90. The number of benzene rings is 2. The summed E-state index contributed by atoms with van der Waals surface area (Å²) in [5.74, 6) is 0.448. The highest BCUT2D eigenvalue weighted by molar-refractivity contribution is 5.90. The molecular weight excluding hydrogens is 464 g/mol. The SMILES string of the molecule is O=C1CN(c2ccc3c(C4CCN(C(=O)Nc5ccc(N6CCCC6)cc5)CC4)ccnc3c2)CCN1. The summed E-state index contributed by atoms with van der Waals surface area (Å²) in [6.07, 6.45) is 6.24. The van der Waals surface area contributed by atoms with Gasteiger partial charge in [0, 0.05) is 67.9 Å². The predicted octanol–water partition coefficient (Wildman–Crippen LogP) is 4.18. The van der Waals surface area contributed by atoms with E-state index in [9.17, 15) is 9.59 Å².